The highest BCUT2D eigenvalue weighted by atomic mass is 16.5. The van der Waals surface area contributed by atoms with Gasteiger partial charge in [-0.05, 0) is 13.8 Å². The van der Waals surface area contributed by atoms with Crippen LogP contribution in [0.2, 0.25) is 0 Å². The fraction of sp³-hybridized carbons (Fsp3) is 0.909. The van der Waals surface area contributed by atoms with Gasteiger partial charge in [0.25, 0.3) is 0 Å². The van der Waals surface area contributed by atoms with E-state index in [1.165, 1.54) is 0 Å². The Morgan fingerprint density at radius 2 is 2.06 bits per heavy atom. The minimum atomic E-state index is 0.0805. The molecule has 5 heteroatoms. The maximum Gasteiger partial charge on any atom is 0.221 e. The first-order valence-corrected chi connectivity index (χ1v) is 5.94. The second-order valence-corrected chi connectivity index (χ2v) is 4.46. The van der Waals surface area contributed by atoms with E-state index in [2.05, 4.69) is 10.2 Å². The highest BCUT2D eigenvalue weighted by Crippen LogP contribution is 2.06. The average molecular weight is 229 g/mol. The number of ether oxygens (including phenoxy) is 1. The maximum atomic E-state index is 11.6. The predicted octanol–water partition coefficient (Wildman–Crippen LogP) is -0.439. The molecule has 1 rings (SSSR count). The van der Waals surface area contributed by atoms with Crippen LogP contribution in [-0.2, 0) is 9.53 Å². The molecule has 94 valence electrons. The third-order valence-corrected chi connectivity index (χ3v) is 2.70. The number of hydrogen-bond acceptors (Lipinski definition) is 4. The maximum absolute atomic E-state index is 11.6. The number of nitrogens with zero attached hydrogens (tertiary/aromatic N) is 1. The van der Waals surface area contributed by atoms with Gasteiger partial charge in [-0.25, -0.2) is 0 Å². The molecule has 0 aromatic carbocycles. The van der Waals surface area contributed by atoms with E-state index < -0.39 is 0 Å². The van der Waals surface area contributed by atoms with E-state index in [0.29, 0.717) is 13.0 Å². The molecule has 0 aromatic rings. The summed E-state index contributed by atoms with van der Waals surface area (Å²) in [5.41, 5.74) is 5.72. The van der Waals surface area contributed by atoms with Crippen LogP contribution in [0.3, 0.4) is 0 Å². The molecule has 0 aromatic heterocycles. The molecule has 3 N–H and O–H groups in total. The summed E-state index contributed by atoms with van der Waals surface area (Å²) in [6.07, 6.45) is 0.481. The summed E-state index contributed by atoms with van der Waals surface area (Å²) in [6.45, 7) is 7.66. The van der Waals surface area contributed by atoms with Gasteiger partial charge in [0, 0.05) is 38.1 Å². The molecule has 1 saturated heterocycles. The second kappa shape index (κ2) is 6.83. The number of amides is 1. The molecule has 0 aliphatic carbocycles. The standard InChI is InChI=1S/C11H23N3O2/c1-9(2)13-11(15)7-10(8-12)14-3-5-16-6-4-14/h9-10H,3-8,12H2,1-2H3,(H,13,15). The predicted molar refractivity (Wildman–Crippen MR) is 63.1 cm³/mol. The Bertz CT molecular complexity index is 215. The van der Waals surface area contributed by atoms with Crippen molar-refractivity contribution < 1.29 is 9.53 Å². The van der Waals surface area contributed by atoms with Crippen LogP contribution in [0.4, 0.5) is 0 Å². The van der Waals surface area contributed by atoms with Crippen molar-refractivity contribution in [3.05, 3.63) is 0 Å². The minimum Gasteiger partial charge on any atom is -0.379 e. The van der Waals surface area contributed by atoms with Gasteiger partial charge in [0.1, 0.15) is 0 Å². The van der Waals surface area contributed by atoms with Crippen molar-refractivity contribution in [1.82, 2.24) is 10.2 Å². The van der Waals surface area contributed by atoms with E-state index in [9.17, 15) is 4.79 Å². The van der Waals surface area contributed by atoms with E-state index in [4.69, 9.17) is 10.5 Å². The number of carbonyl (C=O) groups excluding carboxylic acids is 1. The summed E-state index contributed by atoms with van der Waals surface area (Å²) in [4.78, 5) is 13.9. The number of hydrogen-bond donors (Lipinski definition) is 2. The lowest BCUT2D eigenvalue weighted by atomic mass is 10.1. The molecule has 0 radical (unpaired) electrons. The van der Waals surface area contributed by atoms with Gasteiger partial charge in [0.2, 0.25) is 5.91 Å². The van der Waals surface area contributed by atoms with Gasteiger partial charge >= 0.3 is 0 Å². The molecule has 16 heavy (non-hydrogen) atoms. The van der Waals surface area contributed by atoms with Gasteiger partial charge < -0.3 is 15.8 Å². The first-order chi connectivity index (χ1) is 7.63. The van der Waals surface area contributed by atoms with Crippen LogP contribution in [0.1, 0.15) is 20.3 Å². The molecule has 0 spiro atoms. The Balaban J connectivity index is 2.37. The monoisotopic (exact) mass is 229 g/mol. The minimum absolute atomic E-state index is 0.0805. The number of rotatable bonds is 5. The Kier molecular flexibility index (Phi) is 5.73. The van der Waals surface area contributed by atoms with Crippen LogP contribution in [0.25, 0.3) is 0 Å². The lowest BCUT2D eigenvalue weighted by Gasteiger charge is -2.33. The van der Waals surface area contributed by atoms with Crippen molar-refractivity contribution in [2.45, 2.75) is 32.4 Å². The Hall–Kier alpha value is -0.650. The van der Waals surface area contributed by atoms with Crippen molar-refractivity contribution in [1.29, 1.82) is 0 Å². The molecule has 1 amide bonds. The molecule has 5 nitrogen and oxygen atoms in total. The molecular formula is C11H23N3O2. The molecule has 1 aliphatic heterocycles. The molecule has 1 fully saturated rings. The van der Waals surface area contributed by atoms with E-state index in [1.807, 2.05) is 13.8 Å². The lowest BCUT2D eigenvalue weighted by Crippen LogP contribution is -2.49. The van der Waals surface area contributed by atoms with Gasteiger partial charge in [0.15, 0.2) is 0 Å². The van der Waals surface area contributed by atoms with Gasteiger partial charge in [0.05, 0.1) is 13.2 Å². The topological polar surface area (TPSA) is 67.6 Å². The lowest BCUT2D eigenvalue weighted by molar-refractivity contribution is -0.123. The summed E-state index contributed by atoms with van der Waals surface area (Å²) >= 11 is 0. The van der Waals surface area contributed by atoms with Crippen molar-refractivity contribution in [2.75, 3.05) is 32.8 Å². The molecule has 0 bridgehead atoms. The molecule has 1 aliphatic rings. The molecule has 1 heterocycles. The Morgan fingerprint density at radius 3 is 2.56 bits per heavy atom. The smallest absolute Gasteiger partial charge is 0.221 e. The molecular weight excluding hydrogens is 206 g/mol. The van der Waals surface area contributed by atoms with Crippen molar-refractivity contribution in [3.8, 4) is 0 Å². The third kappa shape index (κ3) is 4.47. The van der Waals surface area contributed by atoms with Crippen molar-refractivity contribution >= 4 is 5.91 Å². The van der Waals surface area contributed by atoms with Crippen LogP contribution in [0, 0.1) is 0 Å². The Morgan fingerprint density at radius 1 is 1.44 bits per heavy atom. The fourth-order valence-corrected chi connectivity index (χ4v) is 1.90. The highest BCUT2D eigenvalue weighted by Gasteiger charge is 2.22. The zero-order valence-electron chi connectivity index (χ0n) is 10.2. The zero-order chi connectivity index (χ0) is 12.0. The summed E-state index contributed by atoms with van der Waals surface area (Å²) in [5, 5.41) is 2.89. The van der Waals surface area contributed by atoms with Crippen molar-refractivity contribution in [2.24, 2.45) is 5.73 Å². The van der Waals surface area contributed by atoms with Crippen molar-refractivity contribution in [3.63, 3.8) is 0 Å². The zero-order valence-corrected chi connectivity index (χ0v) is 10.2. The Labute approximate surface area is 97.3 Å². The van der Waals surface area contributed by atoms with Gasteiger partial charge in [-0.3, -0.25) is 9.69 Å². The van der Waals surface area contributed by atoms with E-state index >= 15 is 0 Å². The quantitative estimate of drug-likeness (QED) is 0.671. The van der Waals surface area contributed by atoms with Crippen LogP contribution in [-0.4, -0.2) is 55.7 Å². The van der Waals surface area contributed by atoms with E-state index in [-0.39, 0.29) is 18.0 Å². The average Bonchev–Trinajstić information content (AvgIpc) is 2.26. The van der Waals surface area contributed by atoms with Crippen LogP contribution in [0.5, 0.6) is 0 Å². The summed E-state index contributed by atoms with van der Waals surface area (Å²) in [6, 6.07) is 0.332. The number of morpholine rings is 1. The van der Waals surface area contributed by atoms with Gasteiger partial charge in [-0.1, -0.05) is 0 Å². The number of carbonyl (C=O) groups is 1. The number of nitrogens with two attached hydrogens (primary N) is 1. The second-order valence-electron chi connectivity index (χ2n) is 4.46. The summed E-state index contributed by atoms with van der Waals surface area (Å²) in [7, 11) is 0. The van der Waals surface area contributed by atoms with E-state index in [0.717, 1.165) is 26.3 Å². The number of nitrogens with one attached hydrogen (secondary N) is 1. The first kappa shape index (κ1) is 13.4. The fourth-order valence-electron chi connectivity index (χ4n) is 1.90. The largest absolute Gasteiger partial charge is 0.379 e. The summed E-state index contributed by atoms with van der Waals surface area (Å²) < 4.78 is 5.28. The normalized spacial score (nSPS) is 19.8. The van der Waals surface area contributed by atoms with Gasteiger partial charge in [-0.2, -0.15) is 0 Å². The van der Waals surface area contributed by atoms with Crippen LogP contribution in [0.15, 0.2) is 0 Å². The van der Waals surface area contributed by atoms with E-state index in [1.54, 1.807) is 0 Å². The van der Waals surface area contributed by atoms with Gasteiger partial charge in [-0.15, -0.1) is 0 Å². The third-order valence-electron chi connectivity index (χ3n) is 2.70. The molecule has 1 atom stereocenters. The SMILES string of the molecule is CC(C)NC(=O)CC(CN)N1CCOCC1. The summed E-state index contributed by atoms with van der Waals surface area (Å²) in [5.74, 6) is 0.0805. The highest BCUT2D eigenvalue weighted by molar-refractivity contribution is 5.76. The van der Waals surface area contributed by atoms with Crippen LogP contribution >= 0.6 is 0 Å². The molecule has 0 saturated carbocycles. The first-order valence-electron chi connectivity index (χ1n) is 5.94. The molecule has 1 unspecified atom stereocenters. The van der Waals surface area contributed by atoms with Crippen LogP contribution < -0.4 is 11.1 Å².